The van der Waals surface area contributed by atoms with Crippen molar-refractivity contribution >= 4 is 21.8 Å². The minimum Gasteiger partial charge on any atom is -0.497 e. The lowest BCUT2D eigenvalue weighted by Gasteiger charge is -2.29. The Kier molecular flexibility index (Phi) is 11.9. The summed E-state index contributed by atoms with van der Waals surface area (Å²) >= 11 is 0. The van der Waals surface area contributed by atoms with E-state index in [2.05, 4.69) is 10.0 Å². The third kappa shape index (κ3) is 8.92. The normalized spacial score (nSPS) is 12.1. The van der Waals surface area contributed by atoms with Crippen molar-refractivity contribution in [2.24, 2.45) is 0 Å². The summed E-state index contributed by atoms with van der Waals surface area (Å²) in [6, 6.07) is 13.2. The van der Waals surface area contributed by atoms with E-state index >= 15 is 0 Å². The molecule has 36 heavy (non-hydrogen) atoms. The second-order valence-electron chi connectivity index (χ2n) is 8.33. The summed E-state index contributed by atoms with van der Waals surface area (Å²) in [6.07, 6.45) is 1.28. The standard InChI is InChI=1S/C26H37N3O6S/c1-5-28-36(32,33)24-14-9-21(10-15-24)11-16-25(30)29(19-22-7-12-23(35-4)13-8-22)20(2)26(31)27-17-6-18-34-3/h7-10,12-15,20,28H,5-6,11,16-19H2,1-4H3,(H,27,31). The van der Waals surface area contributed by atoms with Crippen molar-refractivity contribution in [3.63, 3.8) is 0 Å². The first kappa shape index (κ1) is 29.3. The van der Waals surface area contributed by atoms with E-state index in [1.807, 2.05) is 24.3 Å². The van der Waals surface area contributed by atoms with Gasteiger partial charge in [-0.25, -0.2) is 13.1 Å². The predicted octanol–water partition coefficient (Wildman–Crippen LogP) is 2.50. The molecule has 2 rings (SSSR count). The molecule has 0 aromatic heterocycles. The number of aryl methyl sites for hydroxylation is 1. The maximum atomic E-state index is 13.3. The molecule has 1 unspecified atom stereocenters. The third-order valence-electron chi connectivity index (χ3n) is 5.70. The van der Waals surface area contributed by atoms with Crippen molar-refractivity contribution in [1.29, 1.82) is 0 Å². The Hall–Kier alpha value is -2.95. The monoisotopic (exact) mass is 519 g/mol. The Morgan fingerprint density at radius 3 is 2.22 bits per heavy atom. The molecule has 0 heterocycles. The molecule has 0 fully saturated rings. The van der Waals surface area contributed by atoms with Gasteiger partial charge in [-0.15, -0.1) is 0 Å². The molecule has 0 saturated heterocycles. The SMILES string of the molecule is CCNS(=O)(=O)c1ccc(CCC(=O)N(Cc2ccc(OC)cc2)C(C)C(=O)NCCCOC)cc1. The molecule has 198 valence electrons. The van der Waals surface area contributed by atoms with Gasteiger partial charge in [-0.1, -0.05) is 31.2 Å². The number of sulfonamides is 1. The molecule has 2 N–H and O–H groups in total. The van der Waals surface area contributed by atoms with Crippen LogP contribution in [0.2, 0.25) is 0 Å². The lowest BCUT2D eigenvalue weighted by molar-refractivity contribution is -0.140. The molecule has 2 amide bonds. The predicted molar refractivity (Wildman–Crippen MR) is 138 cm³/mol. The highest BCUT2D eigenvalue weighted by molar-refractivity contribution is 7.89. The van der Waals surface area contributed by atoms with E-state index < -0.39 is 16.1 Å². The zero-order valence-electron chi connectivity index (χ0n) is 21.5. The van der Waals surface area contributed by atoms with E-state index in [0.29, 0.717) is 38.3 Å². The molecule has 1 atom stereocenters. The van der Waals surface area contributed by atoms with Crippen LogP contribution >= 0.6 is 0 Å². The van der Waals surface area contributed by atoms with Crippen LogP contribution in [-0.4, -0.2) is 65.1 Å². The van der Waals surface area contributed by atoms with Crippen LogP contribution in [0, 0.1) is 0 Å². The number of methoxy groups -OCH3 is 2. The summed E-state index contributed by atoms with van der Waals surface area (Å²) < 4.78 is 37.0. The molecule has 0 saturated carbocycles. The van der Waals surface area contributed by atoms with Crippen molar-refractivity contribution in [3.8, 4) is 5.75 Å². The number of hydrogen-bond donors (Lipinski definition) is 2. The number of amides is 2. The first-order valence-electron chi connectivity index (χ1n) is 12.0. The average molecular weight is 520 g/mol. The molecule has 0 aliphatic heterocycles. The Labute approximate surface area is 214 Å². The van der Waals surface area contributed by atoms with Gasteiger partial charge in [0.25, 0.3) is 0 Å². The molecule has 0 spiro atoms. The van der Waals surface area contributed by atoms with Gasteiger partial charge in [-0.05, 0) is 55.2 Å². The smallest absolute Gasteiger partial charge is 0.242 e. The molecule has 0 aliphatic carbocycles. The summed E-state index contributed by atoms with van der Waals surface area (Å²) in [5.74, 6) is 0.306. The number of hydrogen-bond acceptors (Lipinski definition) is 6. The van der Waals surface area contributed by atoms with Crippen LogP contribution in [0.3, 0.4) is 0 Å². The second-order valence-corrected chi connectivity index (χ2v) is 10.1. The van der Waals surface area contributed by atoms with Crippen LogP contribution in [0.15, 0.2) is 53.4 Å². The summed E-state index contributed by atoms with van der Waals surface area (Å²) in [7, 11) is -0.338. The van der Waals surface area contributed by atoms with Gasteiger partial charge in [0.05, 0.1) is 12.0 Å². The Morgan fingerprint density at radius 1 is 1.00 bits per heavy atom. The van der Waals surface area contributed by atoms with Crippen LogP contribution in [-0.2, 0) is 37.3 Å². The van der Waals surface area contributed by atoms with Crippen LogP contribution in [0.25, 0.3) is 0 Å². The maximum Gasteiger partial charge on any atom is 0.242 e. The van der Waals surface area contributed by atoms with Gasteiger partial charge in [-0.2, -0.15) is 0 Å². The van der Waals surface area contributed by atoms with Crippen LogP contribution in [0.1, 0.15) is 37.8 Å². The number of nitrogens with one attached hydrogen (secondary N) is 2. The zero-order valence-corrected chi connectivity index (χ0v) is 22.3. The number of benzene rings is 2. The van der Waals surface area contributed by atoms with E-state index in [4.69, 9.17) is 9.47 Å². The molecule has 9 nitrogen and oxygen atoms in total. The Balaban J connectivity index is 2.10. The zero-order chi connectivity index (χ0) is 26.6. The summed E-state index contributed by atoms with van der Waals surface area (Å²) in [5, 5.41) is 2.87. The largest absolute Gasteiger partial charge is 0.497 e. The minimum atomic E-state index is -3.53. The Morgan fingerprint density at radius 2 is 1.64 bits per heavy atom. The number of ether oxygens (including phenoxy) is 2. The molecule has 2 aromatic carbocycles. The number of rotatable bonds is 15. The fraction of sp³-hybridized carbons (Fsp3) is 0.462. The highest BCUT2D eigenvalue weighted by atomic mass is 32.2. The van der Waals surface area contributed by atoms with Gasteiger partial charge < -0.3 is 19.7 Å². The summed E-state index contributed by atoms with van der Waals surface area (Å²) in [6.45, 7) is 5.02. The number of nitrogens with zero attached hydrogens (tertiary/aromatic N) is 1. The molecule has 0 bridgehead atoms. The van der Waals surface area contributed by atoms with Crippen molar-refractivity contribution < 1.29 is 27.5 Å². The quantitative estimate of drug-likeness (QED) is 0.350. The fourth-order valence-corrected chi connectivity index (χ4v) is 4.63. The van der Waals surface area contributed by atoms with Gasteiger partial charge in [0.1, 0.15) is 11.8 Å². The summed E-state index contributed by atoms with van der Waals surface area (Å²) in [5.41, 5.74) is 1.71. The highest BCUT2D eigenvalue weighted by Crippen LogP contribution is 2.17. The molecule has 0 radical (unpaired) electrons. The van der Waals surface area contributed by atoms with Crippen molar-refractivity contribution in [1.82, 2.24) is 14.9 Å². The van der Waals surface area contributed by atoms with Crippen molar-refractivity contribution in [3.05, 3.63) is 59.7 Å². The van der Waals surface area contributed by atoms with Gasteiger partial charge in [0.15, 0.2) is 0 Å². The summed E-state index contributed by atoms with van der Waals surface area (Å²) in [4.78, 5) is 27.8. The topological polar surface area (TPSA) is 114 Å². The van der Waals surface area contributed by atoms with Gasteiger partial charge in [0.2, 0.25) is 21.8 Å². The lowest BCUT2D eigenvalue weighted by Crippen LogP contribution is -2.48. The van der Waals surface area contributed by atoms with Gasteiger partial charge >= 0.3 is 0 Å². The second kappa shape index (κ2) is 14.6. The number of carbonyl (C=O) groups excluding carboxylic acids is 2. The van der Waals surface area contributed by atoms with E-state index in [1.54, 1.807) is 45.1 Å². The van der Waals surface area contributed by atoms with Crippen molar-refractivity contribution in [2.45, 2.75) is 50.6 Å². The van der Waals surface area contributed by atoms with E-state index in [9.17, 15) is 18.0 Å². The number of carbonyl (C=O) groups is 2. The van der Waals surface area contributed by atoms with Crippen molar-refractivity contribution in [2.75, 3.05) is 33.9 Å². The molecular weight excluding hydrogens is 482 g/mol. The van der Waals surface area contributed by atoms with Gasteiger partial charge in [-0.3, -0.25) is 9.59 Å². The fourth-order valence-electron chi connectivity index (χ4n) is 3.59. The first-order valence-corrected chi connectivity index (χ1v) is 13.5. The van der Waals surface area contributed by atoms with Crippen LogP contribution < -0.4 is 14.8 Å². The van der Waals surface area contributed by atoms with E-state index in [1.165, 1.54) is 12.1 Å². The van der Waals surface area contributed by atoms with Crippen LogP contribution in [0.5, 0.6) is 5.75 Å². The lowest BCUT2D eigenvalue weighted by atomic mass is 10.1. The minimum absolute atomic E-state index is 0.172. The van der Waals surface area contributed by atoms with Gasteiger partial charge in [0, 0.05) is 39.8 Å². The average Bonchev–Trinajstić information content (AvgIpc) is 2.88. The molecular formula is C26H37N3O6S. The Bertz CT molecular complexity index is 1070. The third-order valence-corrected chi connectivity index (χ3v) is 7.26. The molecule has 2 aromatic rings. The molecule has 0 aliphatic rings. The van der Waals surface area contributed by atoms with E-state index in [-0.39, 0.29) is 29.7 Å². The van der Waals surface area contributed by atoms with Crippen LogP contribution in [0.4, 0.5) is 0 Å². The highest BCUT2D eigenvalue weighted by Gasteiger charge is 2.26. The molecule has 10 heteroatoms. The van der Waals surface area contributed by atoms with E-state index in [0.717, 1.165) is 11.1 Å². The maximum absolute atomic E-state index is 13.3. The first-order chi connectivity index (χ1) is 17.2.